The molecule has 25 heavy (non-hydrogen) atoms. The summed E-state index contributed by atoms with van der Waals surface area (Å²) >= 11 is 0. The summed E-state index contributed by atoms with van der Waals surface area (Å²) in [7, 11) is 3.82. The molecule has 0 radical (unpaired) electrons. The maximum absolute atomic E-state index is 11.6. The molecule has 3 heteroatoms. The Labute approximate surface area is 151 Å². The molecule has 134 valence electrons. The van der Waals surface area contributed by atoms with Crippen molar-refractivity contribution in [3.63, 3.8) is 0 Å². The third kappa shape index (κ3) is 4.23. The van der Waals surface area contributed by atoms with Crippen molar-refractivity contribution < 1.29 is 9.84 Å². The average Bonchev–Trinajstić information content (AvgIpc) is 2.64. The van der Waals surface area contributed by atoms with Crippen molar-refractivity contribution in [2.24, 2.45) is 5.92 Å². The SMILES string of the molecule is COc1cccc([C@]2(O)CCCC[C@@H]2CN(C)Cc2ccccc2)c1. The predicted octanol–water partition coefficient (Wildman–Crippen LogP) is 4.21. The monoisotopic (exact) mass is 339 g/mol. The molecule has 0 heterocycles. The molecule has 0 saturated heterocycles. The van der Waals surface area contributed by atoms with E-state index in [1.807, 2.05) is 30.3 Å². The Bertz CT molecular complexity index is 673. The number of aliphatic hydroxyl groups is 1. The van der Waals surface area contributed by atoms with Crippen molar-refractivity contribution in [2.75, 3.05) is 20.7 Å². The molecule has 1 fully saturated rings. The van der Waals surface area contributed by atoms with Gasteiger partial charge in [0.25, 0.3) is 0 Å². The third-order valence-electron chi connectivity index (χ3n) is 5.43. The number of hydrogen-bond acceptors (Lipinski definition) is 3. The quantitative estimate of drug-likeness (QED) is 0.856. The minimum atomic E-state index is -0.766. The predicted molar refractivity (Wildman–Crippen MR) is 102 cm³/mol. The van der Waals surface area contributed by atoms with Gasteiger partial charge in [-0.2, -0.15) is 0 Å². The third-order valence-corrected chi connectivity index (χ3v) is 5.43. The van der Waals surface area contributed by atoms with E-state index in [1.165, 1.54) is 12.0 Å². The molecule has 2 aromatic rings. The van der Waals surface area contributed by atoms with Gasteiger partial charge < -0.3 is 14.7 Å². The van der Waals surface area contributed by atoms with Crippen molar-refractivity contribution in [1.29, 1.82) is 0 Å². The van der Waals surface area contributed by atoms with Crippen molar-refractivity contribution in [3.05, 3.63) is 65.7 Å². The molecule has 0 spiro atoms. The van der Waals surface area contributed by atoms with Gasteiger partial charge in [-0.25, -0.2) is 0 Å². The van der Waals surface area contributed by atoms with Crippen LogP contribution in [0.5, 0.6) is 5.75 Å². The molecule has 2 aromatic carbocycles. The topological polar surface area (TPSA) is 32.7 Å². The molecule has 0 aromatic heterocycles. The summed E-state index contributed by atoms with van der Waals surface area (Å²) in [6.45, 7) is 1.80. The first kappa shape index (κ1) is 18.0. The van der Waals surface area contributed by atoms with Crippen LogP contribution >= 0.6 is 0 Å². The lowest BCUT2D eigenvalue weighted by molar-refractivity contribution is -0.0643. The molecule has 3 rings (SSSR count). The number of ether oxygens (including phenoxy) is 1. The molecule has 1 saturated carbocycles. The second kappa shape index (κ2) is 8.03. The number of hydrogen-bond donors (Lipinski definition) is 1. The maximum atomic E-state index is 11.6. The Balaban J connectivity index is 1.75. The average molecular weight is 339 g/mol. The molecule has 0 unspecified atom stereocenters. The fourth-order valence-corrected chi connectivity index (χ4v) is 4.08. The lowest BCUT2D eigenvalue weighted by Crippen LogP contribution is -2.43. The van der Waals surface area contributed by atoms with Crippen LogP contribution in [0, 0.1) is 5.92 Å². The van der Waals surface area contributed by atoms with Crippen molar-refractivity contribution >= 4 is 0 Å². The lowest BCUT2D eigenvalue weighted by Gasteiger charge is -2.42. The summed E-state index contributed by atoms with van der Waals surface area (Å²) in [5.41, 5.74) is 1.54. The maximum Gasteiger partial charge on any atom is 0.119 e. The zero-order chi connectivity index (χ0) is 17.7. The Morgan fingerprint density at radius 1 is 1.12 bits per heavy atom. The van der Waals surface area contributed by atoms with E-state index in [1.54, 1.807) is 7.11 Å². The van der Waals surface area contributed by atoms with Gasteiger partial charge >= 0.3 is 0 Å². The second-order valence-corrected chi connectivity index (χ2v) is 7.28. The van der Waals surface area contributed by atoms with Gasteiger partial charge in [-0.05, 0) is 43.1 Å². The minimum absolute atomic E-state index is 0.238. The number of rotatable bonds is 6. The largest absolute Gasteiger partial charge is 0.497 e. The molecule has 1 aliphatic carbocycles. The van der Waals surface area contributed by atoms with Crippen LogP contribution in [-0.2, 0) is 12.1 Å². The van der Waals surface area contributed by atoms with Gasteiger partial charge in [-0.1, -0.05) is 55.3 Å². The van der Waals surface area contributed by atoms with Gasteiger partial charge in [-0.3, -0.25) is 0 Å². The molecule has 3 nitrogen and oxygen atoms in total. The highest BCUT2D eigenvalue weighted by atomic mass is 16.5. The fraction of sp³-hybridized carbons (Fsp3) is 0.455. The van der Waals surface area contributed by atoms with E-state index in [2.05, 4.69) is 36.2 Å². The highest BCUT2D eigenvalue weighted by Crippen LogP contribution is 2.42. The first-order chi connectivity index (χ1) is 12.1. The number of benzene rings is 2. The van der Waals surface area contributed by atoms with Crippen LogP contribution in [0.25, 0.3) is 0 Å². The van der Waals surface area contributed by atoms with Crippen LogP contribution in [0.15, 0.2) is 54.6 Å². The Hall–Kier alpha value is -1.84. The van der Waals surface area contributed by atoms with E-state index in [-0.39, 0.29) is 5.92 Å². The summed E-state index contributed by atoms with van der Waals surface area (Å²) in [5, 5.41) is 11.6. The van der Waals surface area contributed by atoms with E-state index >= 15 is 0 Å². The highest BCUT2D eigenvalue weighted by molar-refractivity contribution is 5.33. The fourth-order valence-electron chi connectivity index (χ4n) is 4.08. The Morgan fingerprint density at radius 2 is 1.92 bits per heavy atom. The molecule has 2 atom stereocenters. The van der Waals surface area contributed by atoms with E-state index < -0.39 is 5.60 Å². The molecule has 1 N–H and O–H groups in total. The van der Waals surface area contributed by atoms with Gasteiger partial charge in [0.05, 0.1) is 12.7 Å². The second-order valence-electron chi connectivity index (χ2n) is 7.28. The van der Waals surface area contributed by atoms with E-state index in [0.717, 1.165) is 43.7 Å². The normalized spacial score (nSPS) is 23.6. The van der Waals surface area contributed by atoms with Crippen molar-refractivity contribution in [1.82, 2.24) is 4.90 Å². The van der Waals surface area contributed by atoms with E-state index in [9.17, 15) is 5.11 Å². The summed E-state index contributed by atoms with van der Waals surface area (Å²) < 4.78 is 5.36. The lowest BCUT2D eigenvalue weighted by atomic mass is 9.71. The molecular formula is C22H29NO2. The van der Waals surface area contributed by atoms with E-state index in [4.69, 9.17) is 4.74 Å². The zero-order valence-corrected chi connectivity index (χ0v) is 15.3. The first-order valence-electron chi connectivity index (χ1n) is 9.21. The zero-order valence-electron chi connectivity index (χ0n) is 15.3. The minimum Gasteiger partial charge on any atom is -0.497 e. The Morgan fingerprint density at radius 3 is 2.68 bits per heavy atom. The molecular weight excluding hydrogens is 310 g/mol. The summed E-state index contributed by atoms with van der Waals surface area (Å²) in [4.78, 5) is 2.33. The van der Waals surface area contributed by atoms with Gasteiger partial charge in [-0.15, -0.1) is 0 Å². The van der Waals surface area contributed by atoms with Gasteiger partial charge in [0.1, 0.15) is 5.75 Å². The Kier molecular flexibility index (Phi) is 5.77. The van der Waals surface area contributed by atoms with Crippen LogP contribution in [0.3, 0.4) is 0 Å². The van der Waals surface area contributed by atoms with Gasteiger partial charge in [0.15, 0.2) is 0 Å². The smallest absolute Gasteiger partial charge is 0.119 e. The van der Waals surface area contributed by atoms with Crippen LogP contribution in [0.2, 0.25) is 0 Å². The molecule has 1 aliphatic rings. The standard InChI is InChI=1S/C22H29NO2/c1-23(16-18-9-4-3-5-10-18)17-20-11-6-7-14-22(20,24)19-12-8-13-21(15-19)25-2/h3-5,8-10,12-13,15,20,24H,6-7,11,14,16-17H2,1-2H3/t20-,22-/m1/s1. The molecule has 0 bridgehead atoms. The van der Waals surface area contributed by atoms with Crippen molar-refractivity contribution in [2.45, 2.75) is 37.8 Å². The van der Waals surface area contributed by atoms with Gasteiger partial charge in [0.2, 0.25) is 0 Å². The first-order valence-corrected chi connectivity index (χ1v) is 9.21. The van der Waals surface area contributed by atoms with Crippen LogP contribution < -0.4 is 4.74 Å². The summed E-state index contributed by atoms with van der Waals surface area (Å²) in [6, 6.07) is 18.5. The van der Waals surface area contributed by atoms with Gasteiger partial charge in [0, 0.05) is 19.0 Å². The van der Waals surface area contributed by atoms with E-state index in [0.29, 0.717) is 0 Å². The van der Waals surface area contributed by atoms with Crippen LogP contribution in [-0.4, -0.2) is 30.7 Å². The van der Waals surface area contributed by atoms with Crippen LogP contribution in [0.4, 0.5) is 0 Å². The summed E-state index contributed by atoms with van der Waals surface area (Å²) in [5.74, 6) is 1.05. The molecule has 0 amide bonds. The highest BCUT2D eigenvalue weighted by Gasteiger charge is 2.40. The number of nitrogens with zero attached hydrogens (tertiary/aromatic N) is 1. The van der Waals surface area contributed by atoms with Crippen molar-refractivity contribution in [3.8, 4) is 5.75 Å². The van der Waals surface area contributed by atoms with Crippen LogP contribution in [0.1, 0.15) is 36.8 Å². The summed E-state index contributed by atoms with van der Waals surface area (Å²) in [6.07, 6.45) is 4.15. The number of methoxy groups -OCH3 is 1. The molecule has 0 aliphatic heterocycles.